The van der Waals surface area contributed by atoms with Crippen LogP contribution in [0.15, 0.2) is 82.5 Å². The molecule has 2 N–H and O–H groups in total. The molecular weight excluding hydrogens is 642 g/mol. The molecule has 0 amide bonds. The molecule has 0 radical (unpaired) electrons. The summed E-state index contributed by atoms with van der Waals surface area (Å²) in [5, 5.41) is 8.69. The Morgan fingerprint density at radius 2 is 1.44 bits per heavy atom. The number of ether oxygens (including phenoxy) is 3. The van der Waals surface area contributed by atoms with E-state index < -0.39 is 88.3 Å². The lowest BCUT2D eigenvalue weighted by Gasteiger charge is -2.32. The summed E-state index contributed by atoms with van der Waals surface area (Å²) in [6.45, 7) is -1.10. The maximum atomic E-state index is 13.1. The smallest absolute Gasteiger partial charge is 0.338 e. The third-order valence-electron chi connectivity index (χ3n) is 6.14. The molecule has 1 aromatic heterocycles. The third kappa shape index (κ3) is 9.15. The van der Waals surface area contributed by atoms with Crippen molar-refractivity contribution in [3.63, 3.8) is 0 Å². The summed E-state index contributed by atoms with van der Waals surface area (Å²) in [4.78, 5) is 87.6. The molecule has 6 atom stereocenters. The molecule has 1 saturated heterocycles. The normalized spacial score (nSPS) is 22.1. The Kier molecular flexibility index (Phi) is 10.7. The molecule has 1 fully saturated rings. The SMILES string of the molecule is O=C(O)CCP(=O)([O-])OP(=O)([O-])OC[C@H]1O[C@@H](n2ccc(=O)[nH]c2=O)[C@@H](OC(=O)c2ccccc2)C1OC(=O)c1ccccc1. The Balaban J connectivity index is 1.68. The first-order valence-corrected chi connectivity index (χ1v) is 16.1. The van der Waals surface area contributed by atoms with Crippen molar-refractivity contribution in [2.24, 2.45) is 0 Å². The maximum absolute atomic E-state index is 13.1. The highest BCUT2D eigenvalue weighted by molar-refractivity contribution is 7.62. The molecule has 2 heterocycles. The van der Waals surface area contributed by atoms with E-state index in [1.54, 1.807) is 12.1 Å². The second-order valence-corrected chi connectivity index (χ2v) is 12.8. The van der Waals surface area contributed by atoms with Gasteiger partial charge in [-0.15, -0.1) is 0 Å². The van der Waals surface area contributed by atoms with Crippen LogP contribution in [0, 0.1) is 0 Å². The Labute approximate surface area is 253 Å². The Bertz CT molecular complexity index is 1740. The summed E-state index contributed by atoms with van der Waals surface area (Å²) in [7, 11) is -11.0. The zero-order valence-corrected chi connectivity index (χ0v) is 24.7. The lowest BCUT2D eigenvalue weighted by Crippen LogP contribution is -2.43. The van der Waals surface area contributed by atoms with Gasteiger partial charge >= 0.3 is 23.6 Å². The van der Waals surface area contributed by atoms with Gasteiger partial charge in [-0.3, -0.25) is 28.0 Å². The Morgan fingerprint density at radius 1 is 0.889 bits per heavy atom. The quantitative estimate of drug-likeness (QED) is 0.185. The molecule has 3 unspecified atom stereocenters. The first kappa shape index (κ1) is 33.7. The average Bonchev–Trinajstić information content (AvgIpc) is 3.31. The average molecular weight is 666 g/mol. The highest BCUT2D eigenvalue weighted by Gasteiger charge is 2.51. The monoisotopic (exact) mass is 666 g/mol. The molecule has 3 aromatic rings. The second kappa shape index (κ2) is 14.3. The predicted molar refractivity (Wildman–Crippen MR) is 146 cm³/mol. The maximum Gasteiger partial charge on any atom is 0.338 e. The number of aliphatic carboxylic acids is 1. The largest absolute Gasteiger partial charge is 0.778 e. The van der Waals surface area contributed by atoms with Crippen LogP contribution < -0.4 is 21.0 Å². The van der Waals surface area contributed by atoms with E-state index in [0.29, 0.717) is 0 Å². The number of hydrogen-bond acceptors (Lipinski definition) is 14. The number of nitrogens with zero attached hydrogens (tertiary/aromatic N) is 1. The van der Waals surface area contributed by atoms with E-state index in [2.05, 4.69) is 4.31 Å². The van der Waals surface area contributed by atoms with Crippen LogP contribution in [0.4, 0.5) is 0 Å². The molecule has 19 heteroatoms. The van der Waals surface area contributed by atoms with Gasteiger partial charge in [0.05, 0.1) is 24.2 Å². The van der Waals surface area contributed by atoms with Crippen molar-refractivity contribution >= 4 is 33.3 Å². The molecule has 1 aliphatic rings. The van der Waals surface area contributed by atoms with E-state index >= 15 is 0 Å². The number of rotatable bonds is 13. The number of esters is 2. The summed E-state index contributed by atoms with van der Waals surface area (Å²) in [5.74, 6) is -3.47. The number of nitrogens with one attached hydrogen (secondary N) is 1. The van der Waals surface area contributed by atoms with Gasteiger partial charge in [-0.05, 0) is 24.3 Å². The van der Waals surface area contributed by atoms with Crippen LogP contribution in [0.25, 0.3) is 0 Å². The van der Waals surface area contributed by atoms with Gasteiger partial charge in [0.15, 0.2) is 18.4 Å². The lowest BCUT2D eigenvalue weighted by atomic mass is 10.1. The molecule has 0 saturated carbocycles. The van der Waals surface area contributed by atoms with Crippen LogP contribution in [0.5, 0.6) is 0 Å². The summed E-state index contributed by atoms with van der Waals surface area (Å²) in [5.41, 5.74) is -1.75. The van der Waals surface area contributed by atoms with Crippen molar-refractivity contribution in [2.75, 3.05) is 12.8 Å². The summed E-state index contributed by atoms with van der Waals surface area (Å²) < 4.78 is 51.0. The number of phosphoric acid groups is 1. The lowest BCUT2D eigenvalue weighted by molar-refractivity contribution is -0.234. The molecule has 0 spiro atoms. The van der Waals surface area contributed by atoms with Gasteiger partial charge in [-0.1, -0.05) is 36.4 Å². The highest BCUT2D eigenvalue weighted by atomic mass is 31.3. The van der Waals surface area contributed by atoms with Gasteiger partial charge in [-0.25, -0.2) is 14.4 Å². The van der Waals surface area contributed by atoms with Crippen molar-refractivity contribution in [3.8, 4) is 0 Å². The molecule has 4 rings (SSSR count). The zero-order chi connectivity index (χ0) is 32.8. The molecule has 2 aromatic carbocycles. The number of carbonyl (C=O) groups excluding carboxylic acids is 2. The second-order valence-electron chi connectivity index (χ2n) is 9.36. The van der Waals surface area contributed by atoms with Crippen molar-refractivity contribution < 1.29 is 61.5 Å². The van der Waals surface area contributed by atoms with Gasteiger partial charge in [0.1, 0.15) is 13.7 Å². The van der Waals surface area contributed by atoms with Crippen LogP contribution >= 0.6 is 15.4 Å². The fourth-order valence-corrected chi connectivity index (χ4v) is 6.64. The summed E-state index contributed by atoms with van der Waals surface area (Å²) in [6.07, 6.45) is -7.79. The molecule has 17 nitrogen and oxygen atoms in total. The minimum Gasteiger partial charge on any atom is -0.778 e. The minimum atomic E-state index is -5.71. The van der Waals surface area contributed by atoms with Gasteiger partial charge in [0.2, 0.25) is 0 Å². The van der Waals surface area contributed by atoms with E-state index in [-0.39, 0.29) is 11.1 Å². The van der Waals surface area contributed by atoms with Crippen LogP contribution in [-0.4, -0.2) is 63.6 Å². The van der Waals surface area contributed by atoms with Crippen molar-refractivity contribution in [1.29, 1.82) is 0 Å². The fourth-order valence-electron chi connectivity index (χ4n) is 4.11. The first-order valence-electron chi connectivity index (χ1n) is 12.9. The number of benzene rings is 2. The van der Waals surface area contributed by atoms with Crippen LogP contribution in [0.1, 0.15) is 33.4 Å². The van der Waals surface area contributed by atoms with Gasteiger partial charge in [0.25, 0.3) is 13.4 Å². The molecule has 0 bridgehead atoms. The van der Waals surface area contributed by atoms with Gasteiger partial charge < -0.3 is 38.2 Å². The molecule has 45 heavy (non-hydrogen) atoms. The first-order chi connectivity index (χ1) is 21.2. The van der Waals surface area contributed by atoms with Crippen LogP contribution in [-0.2, 0) is 37.0 Å². The number of hydrogen-bond donors (Lipinski definition) is 2. The predicted octanol–water partition coefficient (Wildman–Crippen LogP) is 0.415. The van der Waals surface area contributed by atoms with E-state index in [1.807, 2.05) is 4.98 Å². The van der Waals surface area contributed by atoms with Gasteiger partial charge in [0, 0.05) is 18.4 Å². The number of carbonyl (C=O) groups is 3. The molecular formula is C26H24N2O15P2-2. The number of phosphoric ester groups is 1. The summed E-state index contributed by atoms with van der Waals surface area (Å²) >= 11 is 0. The van der Waals surface area contributed by atoms with Crippen molar-refractivity contribution in [2.45, 2.75) is 31.0 Å². The van der Waals surface area contributed by atoms with Crippen molar-refractivity contribution in [1.82, 2.24) is 9.55 Å². The number of aromatic nitrogens is 2. The number of H-pyrrole nitrogens is 1. The van der Waals surface area contributed by atoms with Crippen LogP contribution in [0.3, 0.4) is 0 Å². The van der Waals surface area contributed by atoms with Gasteiger partial charge in [-0.2, -0.15) is 0 Å². The Hall–Kier alpha value is -4.21. The highest BCUT2D eigenvalue weighted by Crippen LogP contribution is 2.55. The van der Waals surface area contributed by atoms with E-state index in [4.69, 9.17) is 23.8 Å². The number of aromatic amines is 1. The zero-order valence-electron chi connectivity index (χ0n) is 22.9. The topological polar surface area (TPSA) is 253 Å². The summed E-state index contributed by atoms with van der Waals surface area (Å²) in [6, 6.07) is 15.9. The standard InChI is InChI=1S/C26H26N2O15P2/c29-19-11-13-28(26(34)27-19)23-22(42-25(33)17-9-5-2-6-10-17)21(41-24(32)16-7-3-1-4-8-16)18(40-23)15-39-45(37,38)43-44(35,36)14-12-20(30)31/h1-11,13,18,21-23H,12,14-15H2,(H,30,31)(H,35,36)(H,37,38)(H,27,29,34)/p-2/t18-,21?,22+,23-/m1/s1. The molecule has 0 aliphatic carbocycles. The van der Waals surface area contributed by atoms with E-state index in [9.17, 15) is 42.9 Å². The van der Waals surface area contributed by atoms with E-state index in [1.165, 1.54) is 48.5 Å². The third-order valence-corrected chi connectivity index (χ3v) is 9.17. The number of carboxylic acid groups (broad SMARTS) is 1. The Morgan fingerprint density at radius 3 is 1.98 bits per heavy atom. The molecule has 1 aliphatic heterocycles. The number of carboxylic acids is 1. The fraction of sp³-hybridized carbons (Fsp3) is 0.269. The molecule has 240 valence electrons. The minimum absolute atomic E-state index is 0.0264. The van der Waals surface area contributed by atoms with E-state index in [0.717, 1.165) is 16.8 Å². The van der Waals surface area contributed by atoms with Crippen LogP contribution in [0.2, 0.25) is 0 Å². The van der Waals surface area contributed by atoms with Crippen molar-refractivity contribution in [3.05, 3.63) is 105 Å².